The quantitative estimate of drug-likeness (QED) is 0.555. The molecule has 5 rings (SSSR count). The highest BCUT2D eigenvalue weighted by Crippen LogP contribution is 2.33. The number of hydrogen-bond acceptors (Lipinski definition) is 6. The van der Waals surface area contributed by atoms with Crippen molar-refractivity contribution in [1.29, 1.82) is 0 Å². The average Bonchev–Trinajstić information content (AvgIpc) is 3.19. The Morgan fingerprint density at radius 3 is 2.57 bits per heavy atom. The van der Waals surface area contributed by atoms with Gasteiger partial charge in [-0.3, -0.25) is 5.10 Å². The highest BCUT2D eigenvalue weighted by molar-refractivity contribution is 7.91. The summed E-state index contributed by atoms with van der Waals surface area (Å²) in [7, 11) is -3.77. The van der Waals surface area contributed by atoms with Crippen molar-refractivity contribution in [1.82, 2.24) is 20.5 Å². The Morgan fingerprint density at radius 2 is 1.71 bits per heavy atom. The molecule has 0 radical (unpaired) electrons. The van der Waals surface area contributed by atoms with Gasteiger partial charge in [0.15, 0.2) is 10.8 Å². The molecule has 4 aromatic rings. The zero-order valence-corrected chi connectivity index (χ0v) is 15.9. The first kappa shape index (κ1) is 17.2. The highest BCUT2D eigenvalue weighted by atomic mass is 32.2. The fraction of sp³-hybridized carbons (Fsp3) is 0.200. The summed E-state index contributed by atoms with van der Waals surface area (Å²) in [5, 5.41) is 12.7. The molecular formula is C20H19N5O2S. The molecule has 28 heavy (non-hydrogen) atoms. The second-order valence-electron chi connectivity index (χ2n) is 6.80. The van der Waals surface area contributed by atoms with Crippen LogP contribution in [-0.4, -0.2) is 49.8 Å². The van der Waals surface area contributed by atoms with Crippen LogP contribution in [0.1, 0.15) is 0 Å². The molecule has 0 atom stereocenters. The minimum atomic E-state index is -3.77. The largest absolute Gasteiger partial charge is 0.352 e. The predicted molar refractivity (Wildman–Crippen MR) is 108 cm³/mol. The van der Waals surface area contributed by atoms with Crippen molar-refractivity contribution in [3.05, 3.63) is 54.7 Å². The molecule has 7 nitrogen and oxygen atoms in total. The Labute approximate surface area is 162 Å². The molecule has 0 saturated carbocycles. The number of nitrogens with zero attached hydrogens (tertiary/aromatic N) is 3. The van der Waals surface area contributed by atoms with E-state index in [1.165, 1.54) is 0 Å². The summed E-state index contributed by atoms with van der Waals surface area (Å²) in [6.07, 6.45) is 1.65. The molecule has 1 saturated heterocycles. The molecular weight excluding hydrogens is 374 g/mol. The van der Waals surface area contributed by atoms with Crippen LogP contribution in [0.4, 0.5) is 5.82 Å². The number of piperazine rings is 1. The predicted octanol–water partition coefficient (Wildman–Crippen LogP) is 2.35. The first-order chi connectivity index (χ1) is 13.7. The maximum Gasteiger partial charge on any atom is 0.224 e. The third-order valence-corrected chi connectivity index (χ3v) is 6.93. The number of aromatic nitrogens is 3. The van der Waals surface area contributed by atoms with Crippen LogP contribution in [0.5, 0.6) is 0 Å². The lowest BCUT2D eigenvalue weighted by Gasteiger charge is -2.28. The van der Waals surface area contributed by atoms with Crippen LogP contribution < -0.4 is 10.2 Å². The zero-order chi connectivity index (χ0) is 19.1. The summed E-state index contributed by atoms with van der Waals surface area (Å²) in [6, 6.07) is 14.5. The van der Waals surface area contributed by atoms with Crippen molar-refractivity contribution >= 4 is 37.3 Å². The van der Waals surface area contributed by atoms with Crippen LogP contribution in [0.15, 0.2) is 64.6 Å². The van der Waals surface area contributed by atoms with E-state index in [0.717, 1.165) is 37.4 Å². The van der Waals surface area contributed by atoms with Crippen molar-refractivity contribution in [2.45, 2.75) is 9.92 Å². The number of sulfone groups is 1. The summed E-state index contributed by atoms with van der Waals surface area (Å²) in [5.74, 6) is 0.717. The van der Waals surface area contributed by atoms with Crippen LogP contribution >= 0.6 is 0 Å². The molecule has 1 fully saturated rings. The fourth-order valence-electron chi connectivity index (χ4n) is 3.76. The van der Waals surface area contributed by atoms with Gasteiger partial charge in [-0.25, -0.2) is 13.4 Å². The molecule has 2 aromatic heterocycles. The second-order valence-corrected chi connectivity index (χ2v) is 8.66. The van der Waals surface area contributed by atoms with Gasteiger partial charge in [-0.05, 0) is 17.5 Å². The standard InChI is InChI=1S/C20H19N5O2S/c26-28(27,17-7-3-5-14-4-1-2-6-15(14)17)20-16-8-9-22-19(18(16)23-24-20)25-12-10-21-11-13-25/h1-9,21H,10-13H2,(H,23,24). The van der Waals surface area contributed by atoms with Crippen LogP contribution in [0.2, 0.25) is 0 Å². The number of rotatable bonds is 3. The summed E-state index contributed by atoms with van der Waals surface area (Å²) in [6.45, 7) is 3.35. The van der Waals surface area contributed by atoms with Gasteiger partial charge in [0.2, 0.25) is 9.84 Å². The number of H-pyrrole nitrogens is 1. The van der Waals surface area contributed by atoms with Gasteiger partial charge in [-0.15, -0.1) is 0 Å². The molecule has 1 aliphatic rings. The highest BCUT2D eigenvalue weighted by Gasteiger charge is 2.27. The molecule has 0 unspecified atom stereocenters. The van der Waals surface area contributed by atoms with Crippen molar-refractivity contribution in [2.24, 2.45) is 0 Å². The fourth-order valence-corrected chi connectivity index (χ4v) is 5.33. The number of aromatic amines is 1. The number of fused-ring (bicyclic) bond motifs is 2. The molecule has 142 valence electrons. The van der Waals surface area contributed by atoms with E-state index in [1.54, 1.807) is 24.4 Å². The Kier molecular flexibility index (Phi) is 4.03. The average molecular weight is 393 g/mol. The summed E-state index contributed by atoms with van der Waals surface area (Å²) in [5.41, 5.74) is 0.586. The smallest absolute Gasteiger partial charge is 0.224 e. The third kappa shape index (κ3) is 2.64. The van der Waals surface area contributed by atoms with E-state index in [4.69, 9.17) is 0 Å². The number of nitrogens with one attached hydrogen (secondary N) is 2. The van der Waals surface area contributed by atoms with Gasteiger partial charge < -0.3 is 10.2 Å². The second kappa shape index (κ2) is 6.57. The van der Waals surface area contributed by atoms with Crippen molar-refractivity contribution in [3.8, 4) is 0 Å². The molecule has 0 amide bonds. The SMILES string of the molecule is O=S(=O)(c1cccc2ccccc12)c1[nH]nc2c(N3CCNCC3)nccc12. The van der Waals surface area contributed by atoms with Crippen molar-refractivity contribution in [3.63, 3.8) is 0 Å². The Morgan fingerprint density at radius 1 is 0.929 bits per heavy atom. The number of benzene rings is 2. The van der Waals surface area contributed by atoms with Gasteiger partial charge in [-0.1, -0.05) is 36.4 Å². The number of pyridine rings is 1. The Bertz CT molecular complexity index is 1270. The van der Waals surface area contributed by atoms with Gasteiger partial charge in [0.1, 0.15) is 5.52 Å². The molecule has 8 heteroatoms. The molecule has 2 aromatic carbocycles. The lowest BCUT2D eigenvalue weighted by Crippen LogP contribution is -2.44. The number of hydrogen-bond donors (Lipinski definition) is 2. The van der Waals surface area contributed by atoms with Gasteiger partial charge >= 0.3 is 0 Å². The first-order valence-electron chi connectivity index (χ1n) is 9.18. The van der Waals surface area contributed by atoms with Crippen LogP contribution in [0, 0.1) is 0 Å². The molecule has 2 N–H and O–H groups in total. The van der Waals surface area contributed by atoms with Crippen LogP contribution in [-0.2, 0) is 9.84 Å². The first-order valence-corrected chi connectivity index (χ1v) is 10.7. The van der Waals surface area contributed by atoms with Gasteiger partial charge in [0, 0.05) is 43.1 Å². The molecule has 0 bridgehead atoms. The van der Waals surface area contributed by atoms with Crippen molar-refractivity contribution < 1.29 is 8.42 Å². The Hall–Kier alpha value is -2.97. The molecule has 1 aliphatic heterocycles. The molecule has 0 aliphatic carbocycles. The maximum absolute atomic E-state index is 13.5. The normalized spacial score (nSPS) is 15.4. The lowest BCUT2D eigenvalue weighted by molar-refractivity contribution is 0.586. The van der Waals surface area contributed by atoms with E-state index in [9.17, 15) is 8.42 Å². The maximum atomic E-state index is 13.5. The summed E-state index contributed by atoms with van der Waals surface area (Å²) < 4.78 is 27.0. The molecule has 0 spiro atoms. The van der Waals surface area contributed by atoms with Crippen molar-refractivity contribution in [2.75, 3.05) is 31.1 Å². The molecule has 3 heterocycles. The number of anilines is 1. The van der Waals surface area contributed by atoms with Gasteiger partial charge in [0.05, 0.1) is 4.90 Å². The Balaban J connectivity index is 1.68. The van der Waals surface area contributed by atoms with E-state index in [1.807, 2.05) is 30.3 Å². The topological polar surface area (TPSA) is 91.0 Å². The van der Waals surface area contributed by atoms with E-state index < -0.39 is 9.84 Å². The minimum absolute atomic E-state index is 0.109. The van der Waals surface area contributed by atoms with E-state index >= 15 is 0 Å². The van der Waals surface area contributed by atoms with Gasteiger partial charge in [0.25, 0.3) is 0 Å². The monoisotopic (exact) mass is 393 g/mol. The van der Waals surface area contributed by atoms with E-state index in [-0.39, 0.29) is 9.92 Å². The van der Waals surface area contributed by atoms with E-state index in [2.05, 4.69) is 25.4 Å². The van der Waals surface area contributed by atoms with E-state index in [0.29, 0.717) is 16.3 Å². The third-order valence-electron chi connectivity index (χ3n) is 5.14. The van der Waals surface area contributed by atoms with Crippen LogP contribution in [0.3, 0.4) is 0 Å². The zero-order valence-electron chi connectivity index (χ0n) is 15.1. The minimum Gasteiger partial charge on any atom is -0.352 e. The lowest BCUT2D eigenvalue weighted by atomic mass is 10.1. The summed E-state index contributed by atoms with van der Waals surface area (Å²) in [4.78, 5) is 6.88. The van der Waals surface area contributed by atoms with Crippen LogP contribution in [0.25, 0.3) is 21.7 Å². The summed E-state index contributed by atoms with van der Waals surface area (Å²) >= 11 is 0. The van der Waals surface area contributed by atoms with Gasteiger partial charge in [-0.2, -0.15) is 5.10 Å².